The second-order valence-electron chi connectivity index (χ2n) is 6.92. The topological polar surface area (TPSA) is 105 Å². The third-order valence-corrected chi connectivity index (χ3v) is 4.65. The fourth-order valence-corrected chi connectivity index (χ4v) is 3.56. The molecule has 0 aromatic carbocycles. The lowest BCUT2D eigenvalue weighted by Crippen LogP contribution is -2.43. The van der Waals surface area contributed by atoms with Gasteiger partial charge in [-0.3, -0.25) is 4.79 Å². The van der Waals surface area contributed by atoms with E-state index in [2.05, 4.69) is 50.0 Å². The van der Waals surface area contributed by atoms with E-state index in [0.29, 0.717) is 34.2 Å². The molecule has 1 aliphatic heterocycles. The van der Waals surface area contributed by atoms with Crippen LogP contribution in [0.25, 0.3) is 0 Å². The Bertz CT molecular complexity index is 787. The third-order valence-electron chi connectivity index (χ3n) is 3.79. The first-order valence-corrected chi connectivity index (χ1v) is 9.20. The van der Waals surface area contributed by atoms with E-state index in [0.717, 1.165) is 11.4 Å². The molecule has 1 aliphatic rings. The Balaban J connectivity index is 1.88. The summed E-state index contributed by atoms with van der Waals surface area (Å²) in [5.74, 6) is 2.35. The minimum absolute atomic E-state index is 0.0873. The maximum absolute atomic E-state index is 12.3. The number of aromatic nitrogens is 4. The van der Waals surface area contributed by atoms with Crippen molar-refractivity contribution in [1.82, 2.24) is 20.2 Å². The first-order valence-electron chi connectivity index (χ1n) is 8.39. The van der Waals surface area contributed by atoms with E-state index in [9.17, 15) is 4.79 Å². The Kier molecular flexibility index (Phi) is 4.85. The van der Waals surface area contributed by atoms with Crippen LogP contribution in [-0.2, 0) is 11.2 Å². The molecule has 8 nitrogen and oxygen atoms in total. The fraction of sp³-hybridized carbons (Fsp3) is 0.562. The van der Waals surface area contributed by atoms with Crippen LogP contribution in [0.5, 0.6) is 0 Å². The normalized spacial score (nSPS) is 16.6. The summed E-state index contributed by atoms with van der Waals surface area (Å²) in [5, 5.41) is 19.3. The molecule has 1 amide bonds. The highest BCUT2D eigenvalue weighted by Gasteiger charge is 2.31. The molecule has 0 fully saturated rings. The smallest absolute Gasteiger partial charge is 0.247 e. The zero-order valence-electron chi connectivity index (χ0n) is 15.0. The van der Waals surface area contributed by atoms with Gasteiger partial charge in [-0.1, -0.05) is 39.0 Å². The first kappa shape index (κ1) is 17.5. The molecule has 0 bridgehead atoms. The minimum Gasteiger partial charge on any atom is -0.356 e. The molecule has 1 unspecified atom stereocenters. The molecule has 0 saturated heterocycles. The van der Waals surface area contributed by atoms with Gasteiger partial charge in [-0.15, -0.1) is 10.2 Å². The molecular weight excluding hydrogens is 338 g/mol. The highest BCUT2D eigenvalue weighted by molar-refractivity contribution is 7.15. The lowest BCUT2D eigenvalue weighted by Gasteiger charge is -2.29. The van der Waals surface area contributed by atoms with Crippen molar-refractivity contribution in [1.29, 1.82) is 0 Å². The van der Waals surface area contributed by atoms with Crippen molar-refractivity contribution in [2.45, 2.75) is 47.1 Å². The summed E-state index contributed by atoms with van der Waals surface area (Å²) in [4.78, 5) is 21.2. The lowest BCUT2D eigenvalue weighted by molar-refractivity contribution is -0.117. The van der Waals surface area contributed by atoms with Gasteiger partial charge in [0.1, 0.15) is 22.6 Å². The molecule has 1 atom stereocenters. The predicted molar refractivity (Wildman–Crippen MR) is 99.4 cm³/mol. The van der Waals surface area contributed by atoms with E-state index in [-0.39, 0.29) is 17.9 Å². The Hall–Kier alpha value is -2.29. The highest BCUT2D eigenvalue weighted by Crippen LogP contribution is 2.34. The SMILES string of the molecule is Cc1nc(Nc2nnc(CC(C)C)s2)c2c(n1)NC(C(C)C)C(=O)N2. The van der Waals surface area contributed by atoms with Crippen LogP contribution in [0.4, 0.5) is 22.5 Å². The van der Waals surface area contributed by atoms with E-state index >= 15 is 0 Å². The summed E-state index contributed by atoms with van der Waals surface area (Å²) in [5.41, 5.74) is 0.549. The Morgan fingerprint density at radius 2 is 1.96 bits per heavy atom. The lowest BCUT2D eigenvalue weighted by atomic mass is 10.0. The fourth-order valence-electron chi connectivity index (χ4n) is 2.61. The average molecular weight is 361 g/mol. The second-order valence-corrected chi connectivity index (χ2v) is 7.98. The van der Waals surface area contributed by atoms with Gasteiger partial charge in [0.2, 0.25) is 11.0 Å². The monoisotopic (exact) mass is 361 g/mol. The number of anilines is 4. The molecule has 0 spiro atoms. The third kappa shape index (κ3) is 3.87. The van der Waals surface area contributed by atoms with E-state index in [1.807, 2.05) is 20.8 Å². The molecule has 134 valence electrons. The van der Waals surface area contributed by atoms with Crippen LogP contribution in [0.3, 0.4) is 0 Å². The van der Waals surface area contributed by atoms with Gasteiger partial charge in [-0.25, -0.2) is 9.97 Å². The van der Waals surface area contributed by atoms with Crippen molar-refractivity contribution in [2.75, 3.05) is 16.0 Å². The van der Waals surface area contributed by atoms with E-state index in [1.165, 1.54) is 11.3 Å². The Morgan fingerprint density at radius 3 is 2.64 bits per heavy atom. The molecule has 0 aliphatic carbocycles. The van der Waals surface area contributed by atoms with Gasteiger partial charge in [0, 0.05) is 6.42 Å². The van der Waals surface area contributed by atoms with Gasteiger partial charge >= 0.3 is 0 Å². The summed E-state index contributed by atoms with van der Waals surface area (Å²) in [6, 6.07) is -0.311. The number of carbonyl (C=O) groups excluding carboxylic acids is 1. The number of rotatable bonds is 5. The average Bonchev–Trinajstić information content (AvgIpc) is 2.93. The van der Waals surface area contributed by atoms with Crippen molar-refractivity contribution in [3.8, 4) is 0 Å². The van der Waals surface area contributed by atoms with Crippen LogP contribution in [0.15, 0.2) is 0 Å². The summed E-state index contributed by atoms with van der Waals surface area (Å²) >= 11 is 1.49. The number of carbonyl (C=O) groups is 1. The summed E-state index contributed by atoms with van der Waals surface area (Å²) in [7, 11) is 0. The van der Waals surface area contributed by atoms with Gasteiger partial charge in [-0.05, 0) is 18.8 Å². The minimum atomic E-state index is -0.311. The molecule has 0 radical (unpaired) electrons. The molecule has 2 aromatic heterocycles. The quantitative estimate of drug-likeness (QED) is 0.752. The van der Waals surface area contributed by atoms with Crippen molar-refractivity contribution in [3.63, 3.8) is 0 Å². The molecule has 3 heterocycles. The van der Waals surface area contributed by atoms with Crippen LogP contribution in [0.2, 0.25) is 0 Å². The van der Waals surface area contributed by atoms with Gasteiger partial charge < -0.3 is 16.0 Å². The number of fused-ring (bicyclic) bond motifs is 1. The Labute approximate surface area is 150 Å². The van der Waals surface area contributed by atoms with E-state index in [1.54, 1.807) is 0 Å². The summed E-state index contributed by atoms with van der Waals surface area (Å²) in [6.45, 7) is 10.1. The first-order chi connectivity index (χ1) is 11.8. The van der Waals surface area contributed by atoms with E-state index in [4.69, 9.17) is 0 Å². The number of nitrogens with one attached hydrogen (secondary N) is 3. The maximum atomic E-state index is 12.3. The van der Waals surface area contributed by atoms with Crippen molar-refractivity contribution < 1.29 is 4.79 Å². The van der Waals surface area contributed by atoms with Crippen LogP contribution < -0.4 is 16.0 Å². The van der Waals surface area contributed by atoms with Gasteiger partial charge in [0.15, 0.2) is 11.6 Å². The van der Waals surface area contributed by atoms with Crippen molar-refractivity contribution >= 4 is 39.7 Å². The van der Waals surface area contributed by atoms with Crippen molar-refractivity contribution in [3.05, 3.63) is 10.8 Å². The molecule has 3 N–H and O–H groups in total. The molecule has 9 heteroatoms. The molecule has 2 aromatic rings. The number of nitrogens with zero attached hydrogens (tertiary/aromatic N) is 4. The van der Waals surface area contributed by atoms with Crippen molar-refractivity contribution in [2.24, 2.45) is 11.8 Å². The number of aryl methyl sites for hydroxylation is 1. The zero-order valence-corrected chi connectivity index (χ0v) is 15.9. The van der Waals surface area contributed by atoms with Gasteiger partial charge in [-0.2, -0.15) is 0 Å². The summed E-state index contributed by atoms with van der Waals surface area (Å²) < 4.78 is 0. The van der Waals surface area contributed by atoms with Crippen LogP contribution in [-0.4, -0.2) is 32.1 Å². The summed E-state index contributed by atoms with van der Waals surface area (Å²) in [6.07, 6.45) is 0.884. The van der Waals surface area contributed by atoms with Crippen LogP contribution >= 0.6 is 11.3 Å². The van der Waals surface area contributed by atoms with Gasteiger partial charge in [0.25, 0.3) is 0 Å². The number of hydrogen-bond donors (Lipinski definition) is 3. The van der Waals surface area contributed by atoms with Crippen LogP contribution in [0.1, 0.15) is 38.5 Å². The molecular formula is C16H23N7OS. The Morgan fingerprint density at radius 1 is 1.20 bits per heavy atom. The van der Waals surface area contributed by atoms with E-state index < -0.39 is 0 Å². The largest absolute Gasteiger partial charge is 0.356 e. The van der Waals surface area contributed by atoms with Gasteiger partial charge in [0.05, 0.1) is 0 Å². The predicted octanol–water partition coefficient (Wildman–Crippen LogP) is 2.97. The number of amides is 1. The standard InChI is InChI=1S/C16H23N7OS/c1-7(2)6-10-22-23-16(25-10)21-14-12-13(17-9(5)18-14)19-11(8(3)4)15(24)20-12/h7-8,11H,6H2,1-5H3,(H,20,24)(H2,17,18,19,21,23). The highest BCUT2D eigenvalue weighted by atomic mass is 32.1. The number of hydrogen-bond acceptors (Lipinski definition) is 8. The second kappa shape index (κ2) is 6.91. The maximum Gasteiger partial charge on any atom is 0.247 e. The molecule has 3 rings (SSSR count). The van der Waals surface area contributed by atoms with Crippen LogP contribution in [0, 0.1) is 18.8 Å². The molecule has 25 heavy (non-hydrogen) atoms. The molecule has 0 saturated carbocycles. The zero-order chi connectivity index (χ0) is 18.1.